The summed E-state index contributed by atoms with van der Waals surface area (Å²) in [5.74, 6) is -1.57. The van der Waals surface area contributed by atoms with Gasteiger partial charge in [-0.25, -0.2) is 4.39 Å². The van der Waals surface area contributed by atoms with E-state index < -0.39 is 22.9 Å². The second-order valence-electron chi connectivity index (χ2n) is 10.7. The maximum absolute atomic E-state index is 13.5. The lowest BCUT2D eigenvalue weighted by molar-refractivity contribution is -0.116. The number of carbonyl (C=O) groups excluding carboxylic acids is 3. The van der Waals surface area contributed by atoms with E-state index in [1.807, 2.05) is 68.4 Å². The highest BCUT2D eigenvalue weighted by molar-refractivity contribution is 8.00. The molecule has 46 heavy (non-hydrogen) atoms. The van der Waals surface area contributed by atoms with E-state index in [2.05, 4.69) is 22.0 Å². The van der Waals surface area contributed by atoms with Crippen molar-refractivity contribution in [3.05, 3.63) is 167 Å². The van der Waals surface area contributed by atoms with Crippen molar-refractivity contribution >= 4 is 46.9 Å². The van der Waals surface area contributed by atoms with Crippen molar-refractivity contribution in [1.82, 2.24) is 5.32 Å². The van der Waals surface area contributed by atoms with Crippen LogP contribution in [-0.4, -0.2) is 17.7 Å². The van der Waals surface area contributed by atoms with Gasteiger partial charge in [-0.15, -0.1) is 11.8 Å². The number of aryl methyl sites for hydroxylation is 2. The van der Waals surface area contributed by atoms with Crippen molar-refractivity contribution in [3.63, 3.8) is 0 Å². The zero-order valence-corrected chi connectivity index (χ0v) is 26.1. The number of thioether (sulfide) groups is 1. The van der Waals surface area contributed by atoms with E-state index in [-0.39, 0.29) is 11.6 Å². The predicted octanol–water partition coefficient (Wildman–Crippen LogP) is 8.32. The number of halogens is 1. The molecule has 0 spiro atoms. The van der Waals surface area contributed by atoms with Gasteiger partial charge >= 0.3 is 0 Å². The first-order valence-corrected chi connectivity index (χ1v) is 15.5. The molecule has 5 rings (SSSR count). The van der Waals surface area contributed by atoms with Crippen molar-refractivity contribution in [3.8, 4) is 0 Å². The molecule has 3 amide bonds. The second kappa shape index (κ2) is 15.0. The first-order chi connectivity index (χ1) is 22.2. The first kappa shape index (κ1) is 31.9. The molecule has 0 heterocycles. The van der Waals surface area contributed by atoms with Gasteiger partial charge in [-0.05, 0) is 103 Å². The summed E-state index contributed by atoms with van der Waals surface area (Å²) in [6.07, 6.45) is 1.48. The van der Waals surface area contributed by atoms with E-state index in [9.17, 15) is 18.8 Å². The molecule has 8 heteroatoms. The summed E-state index contributed by atoms with van der Waals surface area (Å²) < 4.78 is 13.5. The summed E-state index contributed by atoms with van der Waals surface area (Å²) in [6.45, 7) is 3.98. The van der Waals surface area contributed by atoms with Gasteiger partial charge in [0.25, 0.3) is 11.8 Å². The van der Waals surface area contributed by atoms with Gasteiger partial charge in [0.1, 0.15) is 16.8 Å². The van der Waals surface area contributed by atoms with Crippen LogP contribution in [0.5, 0.6) is 0 Å². The molecular formula is C38H32FN3O3S. The van der Waals surface area contributed by atoms with Gasteiger partial charge in [-0.2, -0.15) is 0 Å². The quantitative estimate of drug-likeness (QED) is 0.107. The number of benzene rings is 5. The Balaban J connectivity index is 1.33. The van der Waals surface area contributed by atoms with Gasteiger partial charge in [0.05, 0.1) is 0 Å². The number of nitrogens with one attached hydrogen (secondary N) is 3. The molecule has 0 aromatic heterocycles. The van der Waals surface area contributed by atoms with Crippen LogP contribution in [0.1, 0.15) is 37.9 Å². The second-order valence-corrected chi connectivity index (χ2v) is 11.9. The van der Waals surface area contributed by atoms with Crippen LogP contribution < -0.4 is 16.0 Å². The van der Waals surface area contributed by atoms with Crippen LogP contribution in [0.15, 0.2) is 138 Å². The minimum atomic E-state index is -0.552. The molecule has 3 N–H and O–H groups in total. The monoisotopic (exact) mass is 629 g/mol. The fraction of sp³-hybridized carbons (Fsp3) is 0.0789. The highest BCUT2D eigenvalue weighted by Gasteiger charge is 2.23. The van der Waals surface area contributed by atoms with Gasteiger partial charge in [-0.3, -0.25) is 14.4 Å². The minimum Gasteiger partial charge on any atom is -0.325 e. The number of amides is 3. The third-order valence-electron chi connectivity index (χ3n) is 6.91. The molecule has 1 unspecified atom stereocenters. The number of hydrogen-bond acceptors (Lipinski definition) is 4. The number of carbonyl (C=O) groups is 3. The van der Waals surface area contributed by atoms with E-state index in [0.717, 1.165) is 27.3 Å². The Morgan fingerprint density at radius 1 is 0.696 bits per heavy atom. The van der Waals surface area contributed by atoms with Crippen molar-refractivity contribution < 1.29 is 18.8 Å². The summed E-state index contributed by atoms with van der Waals surface area (Å²) in [5, 5.41) is 8.04. The van der Waals surface area contributed by atoms with Gasteiger partial charge in [0, 0.05) is 21.8 Å². The Labute approximate surface area is 271 Å². The standard InChI is InChI=1S/C38H32FN3O3S/c1-25-21-26(2)23-32(22-25)41-38(45)35(28-9-5-3-6-10-28)46-33-19-17-31(18-20-33)40-37(44)34(24-27-13-15-30(39)16-14-27)42-36(43)29-11-7-4-8-12-29/h3-24,35H,1-2H3,(H,40,44)(H,41,45)(H,42,43)/b34-24-. The van der Waals surface area contributed by atoms with Crippen LogP contribution in [-0.2, 0) is 9.59 Å². The summed E-state index contributed by atoms with van der Waals surface area (Å²) in [5.41, 5.74) is 5.13. The lowest BCUT2D eigenvalue weighted by atomic mass is 10.1. The Morgan fingerprint density at radius 2 is 1.30 bits per heavy atom. The maximum Gasteiger partial charge on any atom is 0.272 e. The molecule has 0 bridgehead atoms. The van der Waals surface area contributed by atoms with E-state index in [0.29, 0.717) is 16.8 Å². The lowest BCUT2D eigenvalue weighted by Crippen LogP contribution is -2.30. The lowest BCUT2D eigenvalue weighted by Gasteiger charge is -2.18. The van der Waals surface area contributed by atoms with Gasteiger partial charge < -0.3 is 16.0 Å². The highest BCUT2D eigenvalue weighted by atomic mass is 32.2. The number of rotatable bonds is 10. The Kier molecular flexibility index (Phi) is 10.4. The van der Waals surface area contributed by atoms with Crippen molar-refractivity contribution in [2.24, 2.45) is 0 Å². The van der Waals surface area contributed by atoms with E-state index in [1.54, 1.807) is 42.5 Å². The third kappa shape index (κ3) is 8.80. The van der Waals surface area contributed by atoms with Gasteiger partial charge in [-0.1, -0.05) is 66.7 Å². The largest absolute Gasteiger partial charge is 0.325 e. The van der Waals surface area contributed by atoms with Gasteiger partial charge in [0.2, 0.25) is 5.91 Å². The zero-order valence-electron chi connectivity index (χ0n) is 25.3. The number of hydrogen-bond donors (Lipinski definition) is 3. The number of anilines is 2. The van der Waals surface area contributed by atoms with Crippen molar-refractivity contribution in [2.45, 2.75) is 24.0 Å². The van der Waals surface area contributed by atoms with E-state index >= 15 is 0 Å². The third-order valence-corrected chi connectivity index (χ3v) is 8.17. The van der Waals surface area contributed by atoms with Crippen LogP contribution in [0.25, 0.3) is 6.08 Å². The van der Waals surface area contributed by atoms with Crippen molar-refractivity contribution in [1.29, 1.82) is 0 Å². The molecule has 0 aliphatic heterocycles. The maximum atomic E-state index is 13.5. The predicted molar refractivity (Wildman–Crippen MR) is 183 cm³/mol. The van der Waals surface area contributed by atoms with E-state index in [1.165, 1.54) is 42.1 Å². The molecule has 5 aromatic rings. The normalized spacial score (nSPS) is 11.8. The SMILES string of the molecule is Cc1cc(C)cc(NC(=O)C(Sc2ccc(NC(=O)/C(=C/c3ccc(F)cc3)NC(=O)c3ccccc3)cc2)c2ccccc2)c1. The fourth-order valence-electron chi connectivity index (χ4n) is 4.77. The zero-order chi connectivity index (χ0) is 32.5. The Hall–Kier alpha value is -5.47. The van der Waals surface area contributed by atoms with Crippen LogP contribution >= 0.6 is 11.8 Å². The molecule has 0 radical (unpaired) electrons. The summed E-state index contributed by atoms with van der Waals surface area (Å²) in [7, 11) is 0. The molecule has 6 nitrogen and oxygen atoms in total. The summed E-state index contributed by atoms with van der Waals surface area (Å²) in [4.78, 5) is 40.6. The molecule has 0 fully saturated rings. The average molecular weight is 630 g/mol. The molecule has 0 aliphatic rings. The first-order valence-electron chi connectivity index (χ1n) is 14.6. The molecule has 5 aromatic carbocycles. The van der Waals surface area contributed by atoms with Crippen molar-refractivity contribution in [2.75, 3.05) is 10.6 Å². The molecule has 1 atom stereocenters. The van der Waals surface area contributed by atoms with Crippen LogP contribution in [0.4, 0.5) is 15.8 Å². The average Bonchev–Trinajstić information content (AvgIpc) is 3.05. The molecule has 0 aliphatic carbocycles. The molecule has 0 saturated heterocycles. The molecule has 0 saturated carbocycles. The summed E-state index contributed by atoms with van der Waals surface area (Å²) in [6, 6.07) is 36.7. The smallest absolute Gasteiger partial charge is 0.272 e. The molecule has 230 valence electrons. The fourth-order valence-corrected chi connectivity index (χ4v) is 5.80. The van der Waals surface area contributed by atoms with Crippen LogP contribution in [0.2, 0.25) is 0 Å². The van der Waals surface area contributed by atoms with E-state index in [4.69, 9.17) is 0 Å². The Morgan fingerprint density at radius 3 is 1.93 bits per heavy atom. The van der Waals surface area contributed by atoms with Crippen LogP contribution in [0.3, 0.4) is 0 Å². The summed E-state index contributed by atoms with van der Waals surface area (Å²) >= 11 is 1.40. The minimum absolute atomic E-state index is 0.00823. The topological polar surface area (TPSA) is 87.3 Å². The Bertz CT molecular complexity index is 1840. The highest BCUT2D eigenvalue weighted by Crippen LogP contribution is 2.37. The van der Waals surface area contributed by atoms with Crippen LogP contribution in [0, 0.1) is 19.7 Å². The van der Waals surface area contributed by atoms with Gasteiger partial charge in [0.15, 0.2) is 0 Å². The molecular weight excluding hydrogens is 598 g/mol.